The molecule has 112 valence electrons. The van der Waals surface area contributed by atoms with E-state index in [4.69, 9.17) is 5.73 Å². The van der Waals surface area contributed by atoms with E-state index in [0.29, 0.717) is 24.5 Å². The summed E-state index contributed by atoms with van der Waals surface area (Å²) in [5, 5.41) is 9.17. The molecule has 0 spiro atoms. The Morgan fingerprint density at radius 2 is 1.85 bits per heavy atom. The molecule has 0 aromatic carbocycles. The quantitative estimate of drug-likeness (QED) is 0.809. The van der Waals surface area contributed by atoms with E-state index in [2.05, 4.69) is 9.47 Å². The lowest BCUT2D eigenvalue weighted by molar-refractivity contribution is -0.266. The van der Waals surface area contributed by atoms with Crippen LogP contribution in [0.25, 0.3) is 0 Å². The van der Waals surface area contributed by atoms with Gasteiger partial charge >= 0.3 is 18.1 Å². The third-order valence-electron chi connectivity index (χ3n) is 2.43. The van der Waals surface area contributed by atoms with Crippen LogP contribution in [-0.4, -0.2) is 37.4 Å². The van der Waals surface area contributed by atoms with Crippen molar-refractivity contribution in [2.45, 2.75) is 11.8 Å². The Hall–Kier alpha value is -1.81. The third-order valence-corrected chi connectivity index (χ3v) is 3.37. The van der Waals surface area contributed by atoms with Gasteiger partial charge in [0.15, 0.2) is 0 Å². The van der Waals surface area contributed by atoms with Gasteiger partial charge in [0.1, 0.15) is 4.88 Å². The van der Waals surface area contributed by atoms with Crippen LogP contribution in [0, 0.1) is 0 Å². The molecule has 0 unspecified atom stereocenters. The van der Waals surface area contributed by atoms with Crippen LogP contribution in [0.1, 0.15) is 15.2 Å². The number of esters is 2. The zero-order chi connectivity index (χ0) is 15.7. The Kier molecular flexibility index (Phi) is 4.30. The zero-order valence-electron chi connectivity index (χ0n) is 10.3. The van der Waals surface area contributed by atoms with Crippen molar-refractivity contribution in [3.8, 4) is 0 Å². The van der Waals surface area contributed by atoms with Gasteiger partial charge in [0.05, 0.1) is 19.2 Å². The second-order valence-corrected chi connectivity index (χ2v) is 4.66. The number of hydrogen-bond acceptors (Lipinski definition) is 7. The minimum atomic E-state index is -5.37. The van der Waals surface area contributed by atoms with Gasteiger partial charge in [0.25, 0.3) is 5.60 Å². The van der Waals surface area contributed by atoms with Crippen molar-refractivity contribution in [3.05, 3.63) is 16.5 Å². The molecule has 1 aromatic heterocycles. The maximum absolute atomic E-state index is 13.0. The van der Waals surface area contributed by atoms with Gasteiger partial charge in [0, 0.05) is 5.56 Å². The molecule has 0 bridgehead atoms. The Bertz CT molecular complexity index is 541. The Morgan fingerprint density at radius 1 is 1.30 bits per heavy atom. The van der Waals surface area contributed by atoms with E-state index in [9.17, 15) is 27.9 Å². The first kappa shape index (κ1) is 16.2. The molecule has 0 saturated carbocycles. The summed E-state index contributed by atoms with van der Waals surface area (Å²) >= 11 is 0.453. The van der Waals surface area contributed by atoms with Crippen LogP contribution in [0.15, 0.2) is 6.07 Å². The third kappa shape index (κ3) is 2.43. The van der Waals surface area contributed by atoms with E-state index in [0.717, 1.165) is 7.11 Å². The van der Waals surface area contributed by atoms with Crippen molar-refractivity contribution in [2.24, 2.45) is 0 Å². The van der Waals surface area contributed by atoms with Crippen molar-refractivity contribution in [1.82, 2.24) is 0 Å². The van der Waals surface area contributed by atoms with Crippen LogP contribution in [0.3, 0.4) is 0 Å². The van der Waals surface area contributed by atoms with Crippen molar-refractivity contribution in [3.63, 3.8) is 0 Å². The zero-order valence-corrected chi connectivity index (χ0v) is 11.1. The van der Waals surface area contributed by atoms with E-state index >= 15 is 0 Å². The van der Waals surface area contributed by atoms with Gasteiger partial charge in [-0.25, -0.2) is 9.59 Å². The minimum Gasteiger partial charge on any atom is -0.466 e. The molecule has 0 fully saturated rings. The van der Waals surface area contributed by atoms with Gasteiger partial charge < -0.3 is 20.3 Å². The standard InChI is InChI=1S/C10H10F3NO5S/c1-18-7(15)5-3-4(6(14)20-5)9(17,8(16)19-2)10(11,12)13/h3,17H,14H2,1-2H3/t9-/m1/s1. The monoisotopic (exact) mass is 313 g/mol. The average molecular weight is 313 g/mol. The Labute approximate surface area is 114 Å². The summed E-state index contributed by atoms with van der Waals surface area (Å²) in [7, 11) is 1.71. The molecule has 0 aliphatic rings. The van der Waals surface area contributed by atoms with E-state index < -0.39 is 34.3 Å². The molecule has 0 aliphatic carbocycles. The molecule has 0 amide bonds. The number of hydrogen-bond donors (Lipinski definition) is 2. The summed E-state index contributed by atoms with van der Waals surface area (Å²) < 4.78 is 47.2. The summed E-state index contributed by atoms with van der Waals surface area (Å²) in [6.45, 7) is 0. The Morgan fingerprint density at radius 3 is 2.25 bits per heavy atom. The maximum Gasteiger partial charge on any atom is 0.432 e. The number of carbonyl (C=O) groups excluding carboxylic acids is 2. The van der Waals surface area contributed by atoms with Gasteiger partial charge in [-0.05, 0) is 6.07 Å². The van der Waals surface area contributed by atoms with Crippen LogP contribution >= 0.6 is 11.3 Å². The van der Waals surface area contributed by atoms with Gasteiger partial charge in [-0.15, -0.1) is 11.3 Å². The van der Waals surface area contributed by atoms with Gasteiger partial charge in [-0.1, -0.05) is 0 Å². The molecule has 1 aromatic rings. The highest BCUT2D eigenvalue weighted by Gasteiger charge is 2.63. The summed E-state index contributed by atoms with van der Waals surface area (Å²) in [6.07, 6.45) is -5.37. The first-order valence-corrected chi connectivity index (χ1v) is 5.76. The van der Waals surface area contributed by atoms with Crippen LogP contribution in [-0.2, 0) is 19.9 Å². The lowest BCUT2D eigenvalue weighted by atomic mass is 9.94. The van der Waals surface area contributed by atoms with E-state index in [1.54, 1.807) is 0 Å². The largest absolute Gasteiger partial charge is 0.466 e. The summed E-state index contributed by atoms with van der Waals surface area (Å²) in [5.41, 5.74) is 0.432. The predicted molar refractivity (Wildman–Crippen MR) is 62.0 cm³/mol. The lowest BCUT2D eigenvalue weighted by Gasteiger charge is -2.27. The number of aliphatic hydroxyl groups is 1. The number of nitrogens with two attached hydrogens (primary N) is 1. The number of halogens is 3. The van der Waals surface area contributed by atoms with Crippen molar-refractivity contribution in [2.75, 3.05) is 20.0 Å². The van der Waals surface area contributed by atoms with Crippen LogP contribution < -0.4 is 5.73 Å². The van der Waals surface area contributed by atoms with E-state index in [1.165, 1.54) is 0 Å². The molecule has 0 saturated heterocycles. The SMILES string of the molecule is COC(=O)c1cc([C@@](O)(C(=O)OC)C(F)(F)F)c(N)s1. The van der Waals surface area contributed by atoms with E-state index in [-0.39, 0.29) is 4.88 Å². The molecule has 20 heavy (non-hydrogen) atoms. The molecule has 6 nitrogen and oxygen atoms in total. The van der Waals surface area contributed by atoms with Gasteiger partial charge in [-0.3, -0.25) is 0 Å². The number of methoxy groups -OCH3 is 2. The summed E-state index contributed by atoms with van der Waals surface area (Å²) in [6, 6.07) is 0.649. The number of alkyl halides is 3. The molecule has 1 atom stereocenters. The molecule has 1 rings (SSSR count). The number of ether oxygens (including phenoxy) is 2. The smallest absolute Gasteiger partial charge is 0.432 e. The fourth-order valence-electron chi connectivity index (χ4n) is 1.42. The molecular weight excluding hydrogens is 303 g/mol. The average Bonchev–Trinajstić information content (AvgIpc) is 2.76. The second-order valence-electron chi connectivity index (χ2n) is 3.58. The highest BCUT2D eigenvalue weighted by atomic mass is 32.1. The van der Waals surface area contributed by atoms with Crippen molar-refractivity contribution in [1.29, 1.82) is 0 Å². The molecule has 1 heterocycles. The van der Waals surface area contributed by atoms with Crippen LogP contribution in [0.2, 0.25) is 0 Å². The number of rotatable bonds is 3. The predicted octanol–water partition coefficient (Wildman–Crippen LogP) is 1.04. The topological polar surface area (TPSA) is 98.8 Å². The fourth-order valence-corrected chi connectivity index (χ4v) is 2.31. The molecule has 0 aliphatic heterocycles. The summed E-state index contributed by atoms with van der Waals surface area (Å²) in [4.78, 5) is 22.3. The van der Waals surface area contributed by atoms with Crippen molar-refractivity contribution >= 4 is 28.3 Å². The summed E-state index contributed by atoms with van der Waals surface area (Å²) in [5.74, 6) is -2.90. The second kappa shape index (κ2) is 5.29. The number of carbonyl (C=O) groups is 2. The molecule has 3 N–H and O–H groups in total. The number of anilines is 1. The maximum atomic E-state index is 13.0. The number of thiophene rings is 1. The fraction of sp³-hybridized carbons (Fsp3) is 0.400. The first-order valence-electron chi connectivity index (χ1n) is 4.95. The minimum absolute atomic E-state index is 0.286. The molecule has 0 radical (unpaired) electrons. The highest BCUT2D eigenvalue weighted by Crippen LogP contribution is 2.44. The highest BCUT2D eigenvalue weighted by molar-refractivity contribution is 7.17. The first-order chi connectivity index (χ1) is 9.09. The number of nitrogen functional groups attached to an aromatic ring is 1. The van der Waals surface area contributed by atoms with E-state index in [1.807, 2.05) is 0 Å². The van der Waals surface area contributed by atoms with Gasteiger partial charge in [-0.2, -0.15) is 13.2 Å². The molecule has 10 heteroatoms. The van der Waals surface area contributed by atoms with Crippen LogP contribution in [0.5, 0.6) is 0 Å². The Balaban J connectivity index is 3.48. The van der Waals surface area contributed by atoms with Crippen molar-refractivity contribution < 1.29 is 37.3 Å². The normalized spacial score (nSPS) is 14.5. The van der Waals surface area contributed by atoms with Gasteiger partial charge in [0.2, 0.25) is 0 Å². The van der Waals surface area contributed by atoms with Crippen LogP contribution in [0.4, 0.5) is 18.2 Å². The molecular formula is C10H10F3NO5S. The lowest BCUT2D eigenvalue weighted by Crippen LogP contribution is -2.50.